The summed E-state index contributed by atoms with van der Waals surface area (Å²) in [5, 5.41) is 2.77. The van der Waals surface area contributed by atoms with Gasteiger partial charge in [0.05, 0.1) is 30.2 Å². The Labute approximate surface area is 204 Å². The number of halogens is 1. The van der Waals surface area contributed by atoms with Crippen LogP contribution < -0.4 is 10.2 Å². The molecule has 4 aromatic rings. The lowest BCUT2D eigenvalue weighted by Crippen LogP contribution is -2.36. The molecule has 35 heavy (non-hydrogen) atoms. The number of morpholine rings is 1. The van der Waals surface area contributed by atoms with Crippen molar-refractivity contribution in [3.8, 4) is 11.1 Å². The maximum atomic E-state index is 14.9. The van der Waals surface area contributed by atoms with Crippen molar-refractivity contribution < 1.29 is 13.9 Å². The molecule has 1 saturated heterocycles. The second-order valence-electron chi connectivity index (χ2n) is 9.95. The number of amides is 1. The zero-order chi connectivity index (χ0) is 24.7. The summed E-state index contributed by atoms with van der Waals surface area (Å²) in [6.45, 7) is 10.9. The molecule has 182 valence electrons. The molecule has 3 aromatic heterocycles. The number of hydrogen-bond donors (Lipinski definition) is 1. The number of carbonyl (C=O) groups excluding carboxylic acids is 1. The van der Waals surface area contributed by atoms with Gasteiger partial charge in [-0.2, -0.15) is 0 Å². The number of carbonyl (C=O) groups is 1. The first-order valence-corrected chi connectivity index (χ1v) is 11.8. The number of aromatic nitrogens is 3. The van der Waals surface area contributed by atoms with Crippen molar-refractivity contribution in [1.29, 1.82) is 0 Å². The molecule has 0 bridgehead atoms. The highest BCUT2D eigenvalue weighted by Crippen LogP contribution is 2.33. The quantitative estimate of drug-likeness (QED) is 0.446. The average molecular weight is 476 g/mol. The summed E-state index contributed by atoms with van der Waals surface area (Å²) in [6, 6.07) is 7.01. The number of benzene rings is 1. The van der Waals surface area contributed by atoms with Crippen LogP contribution in [0.2, 0.25) is 0 Å². The van der Waals surface area contributed by atoms with E-state index in [0.29, 0.717) is 18.8 Å². The molecule has 5 rings (SSSR count). The molecule has 0 saturated carbocycles. The number of hydrogen-bond acceptors (Lipinski definition) is 4. The molecule has 0 atom stereocenters. The number of aryl methyl sites for hydroxylation is 1. The standard InChI is InChI=1S/C27H30FN5O2/c1-18-13-22(28)23(30-26(34)19-5-7-33(17-19)27(2,3)4)15-21(18)20-14-24(31-9-11-35-12-10-31)25-29-6-8-32(25)16-20/h5-8,13-17H,9-12H2,1-4H3,(H,30,34). The van der Waals surface area contributed by atoms with Gasteiger partial charge >= 0.3 is 0 Å². The van der Waals surface area contributed by atoms with Crippen LogP contribution in [-0.2, 0) is 10.3 Å². The number of pyridine rings is 1. The highest BCUT2D eigenvalue weighted by atomic mass is 19.1. The van der Waals surface area contributed by atoms with Crippen molar-refractivity contribution in [2.45, 2.75) is 33.2 Å². The van der Waals surface area contributed by atoms with Gasteiger partial charge in [-0.05, 0) is 63.1 Å². The molecular formula is C27H30FN5O2. The molecule has 1 N–H and O–H groups in total. The van der Waals surface area contributed by atoms with Gasteiger partial charge < -0.3 is 23.9 Å². The maximum Gasteiger partial charge on any atom is 0.257 e. The van der Waals surface area contributed by atoms with Crippen LogP contribution in [0.15, 0.2) is 55.2 Å². The third-order valence-electron chi connectivity index (χ3n) is 6.42. The van der Waals surface area contributed by atoms with E-state index < -0.39 is 5.82 Å². The Morgan fingerprint density at radius 1 is 1.11 bits per heavy atom. The zero-order valence-corrected chi connectivity index (χ0v) is 20.5. The molecule has 1 aromatic carbocycles. The number of nitrogens with zero attached hydrogens (tertiary/aromatic N) is 4. The monoisotopic (exact) mass is 475 g/mol. The summed E-state index contributed by atoms with van der Waals surface area (Å²) in [5.41, 5.74) is 4.91. The summed E-state index contributed by atoms with van der Waals surface area (Å²) in [4.78, 5) is 19.7. The summed E-state index contributed by atoms with van der Waals surface area (Å²) < 4.78 is 24.4. The third-order valence-corrected chi connectivity index (χ3v) is 6.42. The molecule has 4 heterocycles. The lowest BCUT2D eigenvalue weighted by molar-refractivity contribution is 0.102. The van der Waals surface area contributed by atoms with Gasteiger partial charge in [-0.25, -0.2) is 9.37 Å². The van der Waals surface area contributed by atoms with Crippen molar-refractivity contribution >= 4 is 22.9 Å². The first kappa shape index (κ1) is 23.1. The predicted molar refractivity (Wildman–Crippen MR) is 136 cm³/mol. The van der Waals surface area contributed by atoms with Gasteiger partial charge in [-0.1, -0.05) is 0 Å². The SMILES string of the molecule is Cc1cc(F)c(NC(=O)c2ccn(C(C)(C)C)c2)cc1-c1cc(N2CCOCC2)c2nccn2c1. The maximum absolute atomic E-state index is 14.9. The van der Waals surface area contributed by atoms with Crippen LogP contribution in [0.4, 0.5) is 15.8 Å². The van der Waals surface area contributed by atoms with Gasteiger partial charge in [0.1, 0.15) is 5.82 Å². The molecule has 1 aliphatic heterocycles. The number of anilines is 2. The average Bonchev–Trinajstić information content (AvgIpc) is 3.50. The van der Waals surface area contributed by atoms with Crippen LogP contribution in [-0.4, -0.2) is 46.2 Å². The molecule has 1 aliphatic rings. The van der Waals surface area contributed by atoms with Crippen LogP contribution >= 0.6 is 0 Å². The number of imidazole rings is 1. The number of fused-ring (bicyclic) bond motifs is 1. The molecular weight excluding hydrogens is 445 g/mol. The van der Waals surface area contributed by atoms with E-state index in [1.807, 2.05) is 34.5 Å². The molecule has 7 nitrogen and oxygen atoms in total. The van der Waals surface area contributed by atoms with Crippen molar-refractivity contribution in [2.75, 3.05) is 36.5 Å². The van der Waals surface area contributed by atoms with Crippen LogP contribution in [0, 0.1) is 12.7 Å². The summed E-state index contributed by atoms with van der Waals surface area (Å²) in [7, 11) is 0. The van der Waals surface area contributed by atoms with E-state index in [0.717, 1.165) is 41.1 Å². The van der Waals surface area contributed by atoms with Gasteiger partial charge in [0.25, 0.3) is 5.91 Å². The summed E-state index contributed by atoms with van der Waals surface area (Å²) >= 11 is 0. The first-order chi connectivity index (χ1) is 16.7. The molecule has 8 heteroatoms. The van der Waals surface area contributed by atoms with Crippen LogP contribution in [0.5, 0.6) is 0 Å². The Morgan fingerprint density at radius 2 is 1.89 bits per heavy atom. The second kappa shape index (κ2) is 8.85. The molecule has 1 amide bonds. The van der Waals surface area contributed by atoms with E-state index >= 15 is 0 Å². The lowest BCUT2D eigenvalue weighted by Gasteiger charge is -2.29. The normalized spacial score (nSPS) is 14.5. The van der Waals surface area contributed by atoms with Crippen molar-refractivity contribution in [2.24, 2.45) is 0 Å². The van der Waals surface area contributed by atoms with E-state index in [4.69, 9.17) is 4.74 Å². The van der Waals surface area contributed by atoms with E-state index in [2.05, 4.69) is 42.0 Å². The molecule has 0 spiro atoms. The molecule has 0 radical (unpaired) electrons. The van der Waals surface area contributed by atoms with E-state index in [9.17, 15) is 9.18 Å². The van der Waals surface area contributed by atoms with Gasteiger partial charge in [0, 0.05) is 55.2 Å². The van der Waals surface area contributed by atoms with Gasteiger partial charge in [0.15, 0.2) is 5.65 Å². The fourth-order valence-corrected chi connectivity index (χ4v) is 4.42. The minimum absolute atomic E-state index is 0.148. The Hall–Kier alpha value is -3.65. The van der Waals surface area contributed by atoms with Crippen molar-refractivity contribution in [3.05, 3.63) is 72.2 Å². The molecule has 0 aliphatic carbocycles. The highest BCUT2D eigenvalue weighted by Gasteiger charge is 2.20. The Balaban J connectivity index is 1.51. The Kier molecular flexibility index (Phi) is 5.84. The molecule has 1 fully saturated rings. The highest BCUT2D eigenvalue weighted by molar-refractivity contribution is 6.04. The predicted octanol–water partition coefficient (Wildman–Crippen LogP) is 5.09. The minimum atomic E-state index is -0.466. The fourth-order valence-electron chi connectivity index (χ4n) is 4.42. The summed E-state index contributed by atoms with van der Waals surface area (Å²) in [6.07, 6.45) is 9.31. The Bertz CT molecular complexity index is 1390. The van der Waals surface area contributed by atoms with Gasteiger partial charge in [-0.15, -0.1) is 0 Å². The smallest absolute Gasteiger partial charge is 0.257 e. The molecule has 0 unspecified atom stereocenters. The van der Waals surface area contributed by atoms with Crippen LogP contribution in [0.25, 0.3) is 16.8 Å². The second-order valence-corrected chi connectivity index (χ2v) is 9.95. The topological polar surface area (TPSA) is 63.8 Å². The van der Waals surface area contributed by atoms with Gasteiger partial charge in [-0.3, -0.25) is 4.79 Å². The van der Waals surface area contributed by atoms with Crippen molar-refractivity contribution in [3.63, 3.8) is 0 Å². The number of nitrogens with one attached hydrogen (secondary N) is 1. The van der Waals surface area contributed by atoms with E-state index in [1.165, 1.54) is 6.07 Å². The van der Waals surface area contributed by atoms with E-state index in [1.54, 1.807) is 24.5 Å². The van der Waals surface area contributed by atoms with Crippen LogP contribution in [0.3, 0.4) is 0 Å². The number of ether oxygens (including phenoxy) is 1. The van der Waals surface area contributed by atoms with E-state index in [-0.39, 0.29) is 17.1 Å². The fraction of sp³-hybridized carbons (Fsp3) is 0.333. The van der Waals surface area contributed by atoms with Gasteiger partial charge in [0.2, 0.25) is 0 Å². The largest absolute Gasteiger partial charge is 0.378 e. The van der Waals surface area contributed by atoms with Crippen molar-refractivity contribution in [1.82, 2.24) is 14.0 Å². The third kappa shape index (κ3) is 4.53. The Morgan fingerprint density at radius 3 is 2.60 bits per heavy atom. The first-order valence-electron chi connectivity index (χ1n) is 11.8. The zero-order valence-electron chi connectivity index (χ0n) is 20.5. The lowest BCUT2D eigenvalue weighted by atomic mass is 10.00. The van der Waals surface area contributed by atoms with Crippen LogP contribution in [0.1, 0.15) is 36.7 Å². The number of rotatable bonds is 4. The summed E-state index contributed by atoms with van der Waals surface area (Å²) in [5.74, 6) is -0.812. The minimum Gasteiger partial charge on any atom is -0.378 e.